The highest BCUT2D eigenvalue weighted by Gasteiger charge is 2.06. The fourth-order valence-corrected chi connectivity index (χ4v) is 2.32. The number of carbonyl (C=O) groups excluding carboxylic acids is 1. The number of nitrogen functional groups attached to an aromatic ring is 1. The third-order valence-electron chi connectivity index (χ3n) is 2.60. The number of aryl methyl sites for hydroxylation is 1. The van der Waals surface area contributed by atoms with E-state index in [-0.39, 0.29) is 23.6 Å². The molecule has 0 aliphatic carbocycles. The summed E-state index contributed by atoms with van der Waals surface area (Å²) >= 11 is 9.13. The fraction of sp³-hybridized carbons (Fsp3) is 0.154. The van der Waals surface area contributed by atoms with E-state index in [4.69, 9.17) is 17.3 Å². The van der Waals surface area contributed by atoms with Gasteiger partial charge in [-0.15, -0.1) is 0 Å². The number of halogens is 2. The van der Waals surface area contributed by atoms with Crippen molar-refractivity contribution in [3.8, 4) is 0 Å². The average molecular weight is 371 g/mol. The molecule has 0 fully saturated rings. The third kappa shape index (κ3) is 4.57. The molecule has 1 amide bonds. The van der Waals surface area contributed by atoms with Gasteiger partial charge in [-0.05, 0) is 30.7 Å². The van der Waals surface area contributed by atoms with Gasteiger partial charge < -0.3 is 16.4 Å². The molecule has 0 spiro atoms. The predicted octanol–water partition coefficient (Wildman–Crippen LogP) is 2.83. The number of aromatic nitrogens is 2. The van der Waals surface area contributed by atoms with Gasteiger partial charge in [-0.25, -0.2) is 4.98 Å². The van der Waals surface area contributed by atoms with Crippen LogP contribution in [0.2, 0.25) is 5.15 Å². The summed E-state index contributed by atoms with van der Waals surface area (Å²) < 4.78 is 0.960. The molecule has 1 aromatic heterocycles. The first-order valence-corrected chi connectivity index (χ1v) is 7.21. The maximum atomic E-state index is 11.9. The van der Waals surface area contributed by atoms with Crippen molar-refractivity contribution >= 4 is 50.9 Å². The molecule has 1 aromatic carbocycles. The van der Waals surface area contributed by atoms with E-state index < -0.39 is 0 Å². The molecular formula is C13H13BrClN5O. The number of benzene rings is 1. The fourth-order valence-electron chi connectivity index (χ4n) is 1.66. The number of rotatable bonds is 4. The topological polar surface area (TPSA) is 92.9 Å². The van der Waals surface area contributed by atoms with Gasteiger partial charge in [0.25, 0.3) is 0 Å². The molecule has 0 aliphatic rings. The number of nitrogens with zero attached hydrogens (tertiary/aromatic N) is 2. The Morgan fingerprint density at radius 2 is 2.14 bits per heavy atom. The molecule has 110 valence electrons. The van der Waals surface area contributed by atoms with E-state index in [9.17, 15) is 4.79 Å². The van der Waals surface area contributed by atoms with Gasteiger partial charge in [-0.3, -0.25) is 4.79 Å². The van der Waals surface area contributed by atoms with Crippen molar-refractivity contribution in [3.05, 3.63) is 39.5 Å². The molecule has 1 heterocycles. The lowest BCUT2D eigenvalue weighted by Gasteiger charge is -2.10. The first-order valence-electron chi connectivity index (χ1n) is 6.04. The molecule has 0 unspecified atom stereocenters. The zero-order valence-electron chi connectivity index (χ0n) is 11.2. The smallest absolute Gasteiger partial charge is 0.243 e. The summed E-state index contributed by atoms with van der Waals surface area (Å²) in [5.41, 5.74) is 7.19. The van der Waals surface area contributed by atoms with Crippen molar-refractivity contribution < 1.29 is 4.79 Å². The second kappa shape index (κ2) is 6.73. The van der Waals surface area contributed by atoms with E-state index in [0.717, 1.165) is 15.7 Å². The molecule has 0 radical (unpaired) electrons. The van der Waals surface area contributed by atoms with Gasteiger partial charge in [0.05, 0.1) is 6.54 Å². The highest BCUT2D eigenvalue weighted by Crippen LogP contribution is 2.20. The van der Waals surface area contributed by atoms with Crippen LogP contribution in [0.5, 0.6) is 0 Å². The van der Waals surface area contributed by atoms with Gasteiger partial charge in [0.2, 0.25) is 11.9 Å². The lowest BCUT2D eigenvalue weighted by atomic mass is 10.2. The lowest BCUT2D eigenvalue weighted by molar-refractivity contribution is -0.114. The summed E-state index contributed by atoms with van der Waals surface area (Å²) in [7, 11) is 0. The normalized spacial score (nSPS) is 10.2. The molecule has 6 nitrogen and oxygen atoms in total. The molecule has 4 N–H and O–H groups in total. The summed E-state index contributed by atoms with van der Waals surface area (Å²) in [6.07, 6.45) is 0. The van der Waals surface area contributed by atoms with E-state index in [1.165, 1.54) is 6.07 Å². The monoisotopic (exact) mass is 369 g/mol. The predicted molar refractivity (Wildman–Crippen MR) is 87.5 cm³/mol. The molecule has 21 heavy (non-hydrogen) atoms. The van der Waals surface area contributed by atoms with Crippen molar-refractivity contribution in [1.82, 2.24) is 9.97 Å². The van der Waals surface area contributed by atoms with Gasteiger partial charge >= 0.3 is 0 Å². The largest absolute Gasteiger partial charge is 0.368 e. The van der Waals surface area contributed by atoms with Crippen molar-refractivity contribution in [2.75, 3.05) is 22.9 Å². The van der Waals surface area contributed by atoms with Crippen LogP contribution in [0, 0.1) is 6.92 Å². The van der Waals surface area contributed by atoms with E-state index in [1.54, 1.807) is 0 Å². The molecule has 2 rings (SSSR count). The first-order chi connectivity index (χ1) is 9.94. The minimum atomic E-state index is -0.200. The molecule has 0 saturated carbocycles. The molecule has 8 heteroatoms. The van der Waals surface area contributed by atoms with Crippen LogP contribution in [-0.4, -0.2) is 22.4 Å². The van der Waals surface area contributed by atoms with Gasteiger partial charge in [-0.2, -0.15) is 4.98 Å². The Morgan fingerprint density at radius 1 is 1.38 bits per heavy atom. The molecule has 0 saturated heterocycles. The molecule has 0 atom stereocenters. The van der Waals surface area contributed by atoms with Gasteiger partial charge in [0, 0.05) is 16.2 Å². The minimum absolute atomic E-state index is 0.0439. The Labute approximate surface area is 135 Å². The summed E-state index contributed by atoms with van der Waals surface area (Å²) in [5, 5.41) is 5.86. The number of hydrogen-bond donors (Lipinski definition) is 3. The Bertz CT molecular complexity index is 659. The number of hydrogen-bond acceptors (Lipinski definition) is 5. The lowest BCUT2D eigenvalue weighted by Crippen LogP contribution is -2.22. The van der Waals surface area contributed by atoms with Crippen molar-refractivity contribution in [3.63, 3.8) is 0 Å². The van der Waals surface area contributed by atoms with Crippen LogP contribution in [0.15, 0.2) is 28.7 Å². The average Bonchev–Trinajstić information content (AvgIpc) is 2.39. The number of nitrogens with one attached hydrogen (secondary N) is 2. The van der Waals surface area contributed by atoms with Crippen LogP contribution >= 0.6 is 27.5 Å². The van der Waals surface area contributed by atoms with Crippen molar-refractivity contribution in [2.45, 2.75) is 6.92 Å². The quantitative estimate of drug-likeness (QED) is 0.720. The summed E-state index contributed by atoms with van der Waals surface area (Å²) in [4.78, 5) is 19.6. The maximum Gasteiger partial charge on any atom is 0.243 e. The highest BCUT2D eigenvalue weighted by atomic mass is 79.9. The summed E-state index contributed by atoms with van der Waals surface area (Å²) in [6, 6.07) is 7.11. The first kappa shape index (κ1) is 15.5. The number of nitrogens with two attached hydrogens (primary N) is 1. The van der Waals surface area contributed by atoms with Crippen molar-refractivity contribution in [1.29, 1.82) is 0 Å². The Hall–Kier alpha value is -1.86. The second-order valence-electron chi connectivity index (χ2n) is 4.30. The van der Waals surface area contributed by atoms with Crippen molar-refractivity contribution in [2.24, 2.45) is 0 Å². The van der Waals surface area contributed by atoms with Crippen LogP contribution in [-0.2, 0) is 4.79 Å². The second-order valence-corrected chi connectivity index (χ2v) is 5.60. The highest BCUT2D eigenvalue weighted by molar-refractivity contribution is 9.10. The van der Waals surface area contributed by atoms with Crippen LogP contribution in [0.4, 0.5) is 17.5 Å². The standard InChI is InChI=1S/C13H13BrClN5O/c1-7-4-8(14)2-3-9(7)18-12(21)6-17-11-5-10(15)19-13(16)20-11/h2-5H,6H2,1H3,(H,18,21)(H3,16,17,19,20). The summed E-state index contributed by atoms with van der Waals surface area (Å²) in [6.45, 7) is 1.96. The van der Waals surface area contributed by atoms with Crippen LogP contribution in [0.3, 0.4) is 0 Å². The summed E-state index contributed by atoms with van der Waals surface area (Å²) in [5.74, 6) is 0.248. The minimum Gasteiger partial charge on any atom is -0.368 e. The van der Waals surface area contributed by atoms with Crippen LogP contribution in [0.25, 0.3) is 0 Å². The Balaban J connectivity index is 1.95. The Kier molecular flexibility index (Phi) is 4.98. The SMILES string of the molecule is Cc1cc(Br)ccc1NC(=O)CNc1cc(Cl)nc(N)n1. The van der Waals surface area contributed by atoms with Gasteiger partial charge in [0.15, 0.2) is 0 Å². The molecule has 0 bridgehead atoms. The molecule has 0 aliphatic heterocycles. The zero-order valence-corrected chi connectivity index (χ0v) is 13.5. The Morgan fingerprint density at radius 3 is 2.81 bits per heavy atom. The molecule has 2 aromatic rings. The van der Waals surface area contributed by atoms with E-state index in [0.29, 0.717) is 5.82 Å². The zero-order chi connectivity index (χ0) is 15.4. The molecular weight excluding hydrogens is 358 g/mol. The van der Waals surface area contributed by atoms with E-state index >= 15 is 0 Å². The van der Waals surface area contributed by atoms with Gasteiger partial charge in [0.1, 0.15) is 11.0 Å². The van der Waals surface area contributed by atoms with Crippen LogP contribution in [0.1, 0.15) is 5.56 Å². The maximum absolute atomic E-state index is 11.9. The van der Waals surface area contributed by atoms with E-state index in [1.807, 2.05) is 25.1 Å². The number of anilines is 3. The third-order valence-corrected chi connectivity index (χ3v) is 3.29. The van der Waals surface area contributed by atoms with Gasteiger partial charge in [-0.1, -0.05) is 27.5 Å². The van der Waals surface area contributed by atoms with E-state index in [2.05, 4.69) is 36.5 Å². The van der Waals surface area contributed by atoms with Crippen LogP contribution < -0.4 is 16.4 Å². The number of carbonyl (C=O) groups is 1. The number of amides is 1.